The maximum absolute atomic E-state index is 12.7. The normalized spacial score (nSPS) is 11.2. The predicted molar refractivity (Wildman–Crippen MR) is 84.2 cm³/mol. The zero-order valence-corrected chi connectivity index (χ0v) is 13.2. The molecule has 0 spiro atoms. The molecule has 0 unspecified atom stereocenters. The molecule has 0 atom stereocenters. The average Bonchev–Trinajstić information content (AvgIpc) is 2.53. The Balaban J connectivity index is 2.26. The van der Waals surface area contributed by atoms with E-state index >= 15 is 0 Å². The monoisotopic (exact) mass is 341 g/mol. The lowest BCUT2D eigenvalue weighted by molar-refractivity contribution is -0.137. The first-order chi connectivity index (χ1) is 10.8. The molecular weight excluding hydrogens is 327 g/mol. The molecular formula is C16H14F3NO2S. The van der Waals surface area contributed by atoms with E-state index in [4.69, 9.17) is 4.74 Å². The second kappa shape index (κ2) is 6.95. The maximum atomic E-state index is 12.7. The van der Waals surface area contributed by atoms with Crippen molar-refractivity contribution in [3.05, 3.63) is 53.6 Å². The number of hydrogen-bond donors (Lipinski definition) is 1. The summed E-state index contributed by atoms with van der Waals surface area (Å²) in [5.74, 6) is -0.171. The largest absolute Gasteiger partial charge is 0.496 e. The Morgan fingerprint density at radius 1 is 1.17 bits per heavy atom. The van der Waals surface area contributed by atoms with Gasteiger partial charge >= 0.3 is 6.18 Å². The predicted octanol–water partition coefficient (Wildman–Crippen LogP) is 4.69. The Bertz CT molecular complexity index is 717. The van der Waals surface area contributed by atoms with Crippen molar-refractivity contribution in [3.8, 4) is 5.75 Å². The molecule has 0 fully saturated rings. The SMILES string of the molecule is COc1cc(SC)ccc1C(=O)Nc1cccc(C(F)(F)F)c1. The third-order valence-corrected chi connectivity index (χ3v) is 3.83. The van der Waals surface area contributed by atoms with Gasteiger partial charge in [0.2, 0.25) is 0 Å². The van der Waals surface area contributed by atoms with E-state index in [2.05, 4.69) is 5.32 Å². The van der Waals surface area contributed by atoms with E-state index < -0.39 is 17.6 Å². The zero-order valence-electron chi connectivity index (χ0n) is 12.4. The summed E-state index contributed by atoms with van der Waals surface area (Å²) in [6.45, 7) is 0. The van der Waals surface area contributed by atoms with Gasteiger partial charge < -0.3 is 10.1 Å². The Morgan fingerprint density at radius 3 is 2.52 bits per heavy atom. The van der Waals surface area contributed by atoms with Crippen LogP contribution in [-0.4, -0.2) is 19.3 Å². The molecule has 0 aromatic heterocycles. The number of carbonyl (C=O) groups is 1. The van der Waals surface area contributed by atoms with E-state index in [0.29, 0.717) is 5.75 Å². The smallest absolute Gasteiger partial charge is 0.416 e. The number of carbonyl (C=O) groups excluding carboxylic acids is 1. The van der Waals surface area contributed by atoms with Gasteiger partial charge in [-0.15, -0.1) is 11.8 Å². The number of anilines is 1. The Kier molecular flexibility index (Phi) is 5.20. The highest BCUT2D eigenvalue weighted by molar-refractivity contribution is 7.98. The molecule has 0 aliphatic rings. The standard InChI is InChI=1S/C16H14F3NO2S/c1-22-14-9-12(23-2)6-7-13(14)15(21)20-11-5-3-4-10(8-11)16(17,18)19/h3-9H,1-2H3,(H,20,21). The fraction of sp³-hybridized carbons (Fsp3) is 0.188. The summed E-state index contributed by atoms with van der Waals surface area (Å²) >= 11 is 1.49. The lowest BCUT2D eigenvalue weighted by Crippen LogP contribution is -2.14. The topological polar surface area (TPSA) is 38.3 Å². The summed E-state index contributed by atoms with van der Waals surface area (Å²) in [6.07, 6.45) is -2.57. The van der Waals surface area contributed by atoms with Gasteiger partial charge in [-0.2, -0.15) is 13.2 Å². The van der Waals surface area contributed by atoms with E-state index in [1.807, 2.05) is 6.26 Å². The molecule has 23 heavy (non-hydrogen) atoms. The number of rotatable bonds is 4. The van der Waals surface area contributed by atoms with Crippen molar-refractivity contribution in [2.75, 3.05) is 18.7 Å². The van der Waals surface area contributed by atoms with E-state index in [9.17, 15) is 18.0 Å². The van der Waals surface area contributed by atoms with Crippen LogP contribution in [0.2, 0.25) is 0 Å². The number of methoxy groups -OCH3 is 1. The summed E-state index contributed by atoms with van der Waals surface area (Å²) in [5.41, 5.74) is -0.497. The quantitative estimate of drug-likeness (QED) is 0.820. The van der Waals surface area contributed by atoms with Gasteiger partial charge in [-0.3, -0.25) is 4.79 Å². The Hall–Kier alpha value is -2.15. The van der Waals surface area contributed by atoms with Crippen LogP contribution in [0.1, 0.15) is 15.9 Å². The van der Waals surface area contributed by atoms with Crippen molar-refractivity contribution in [2.24, 2.45) is 0 Å². The summed E-state index contributed by atoms with van der Waals surface area (Å²) in [5, 5.41) is 2.46. The molecule has 0 saturated heterocycles. The molecule has 7 heteroatoms. The Labute approximate surface area is 135 Å². The van der Waals surface area contributed by atoms with Gasteiger partial charge in [-0.1, -0.05) is 6.07 Å². The van der Waals surface area contributed by atoms with Crippen molar-refractivity contribution in [3.63, 3.8) is 0 Å². The minimum Gasteiger partial charge on any atom is -0.496 e. The molecule has 122 valence electrons. The van der Waals surface area contributed by atoms with Crippen LogP contribution in [0.3, 0.4) is 0 Å². The van der Waals surface area contributed by atoms with Crippen LogP contribution < -0.4 is 10.1 Å². The average molecular weight is 341 g/mol. The molecule has 0 saturated carbocycles. The van der Waals surface area contributed by atoms with Crippen LogP contribution in [-0.2, 0) is 6.18 Å². The first-order valence-electron chi connectivity index (χ1n) is 6.56. The molecule has 2 aromatic rings. The van der Waals surface area contributed by atoms with Gasteiger partial charge in [0.25, 0.3) is 5.91 Å². The molecule has 0 aliphatic heterocycles. The van der Waals surface area contributed by atoms with Gasteiger partial charge in [-0.25, -0.2) is 0 Å². The molecule has 2 aromatic carbocycles. The zero-order chi connectivity index (χ0) is 17.0. The van der Waals surface area contributed by atoms with E-state index in [1.165, 1.54) is 31.0 Å². The summed E-state index contributed by atoms with van der Waals surface area (Å²) in [4.78, 5) is 13.2. The van der Waals surface area contributed by atoms with Crippen LogP contribution >= 0.6 is 11.8 Å². The fourth-order valence-electron chi connectivity index (χ4n) is 1.96. The van der Waals surface area contributed by atoms with Gasteiger partial charge in [0.05, 0.1) is 18.2 Å². The first kappa shape index (κ1) is 17.2. The highest BCUT2D eigenvalue weighted by atomic mass is 32.2. The van der Waals surface area contributed by atoms with Gasteiger partial charge in [0, 0.05) is 10.6 Å². The summed E-state index contributed by atoms with van der Waals surface area (Å²) in [6, 6.07) is 9.50. The number of benzene rings is 2. The van der Waals surface area contributed by atoms with Crippen LogP contribution in [0.5, 0.6) is 5.75 Å². The van der Waals surface area contributed by atoms with Gasteiger partial charge in [0.1, 0.15) is 5.75 Å². The molecule has 0 bridgehead atoms. The van der Waals surface area contributed by atoms with E-state index in [1.54, 1.807) is 18.2 Å². The summed E-state index contributed by atoms with van der Waals surface area (Å²) < 4.78 is 43.3. The number of amides is 1. The molecule has 0 radical (unpaired) electrons. The van der Waals surface area contributed by atoms with Crippen LogP contribution in [0, 0.1) is 0 Å². The highest BCUT2D eigenvalue weighted by Crippen LogP contribution is 2.31. The molecule has 2 rings (SSSR count). The number of halogens is 3. The van der Waals surface area contributed by atoms with Crippen molar-refractivity contribution >= 4 is 23.4 Å². The lowest BCUT2D eigenvalue weighted by atomic mass is 10.1. The Morgan fingerprint density at radius 2 is 1.91 bits per heavy atom. The van der Waals surface area contributed by atoms with Gasteiger partial charge in [-0.05, 0) is 42.7 Å². The summed E-state index contributed by atoms with van der Waals surface area (Å²) in [7, 11) is 1.43. The lowest BCUT2D eigenvalue weighted by Gasteiger charge is -2.12. The third kappa shape index (κ3) is 4.19. The molecule has 1 N–H and O–H groups in total. The molecule has 1 amide bonds. The second-order valence-corrected chi connectivity index (χ2v) is 5.48. The second-order valence-electron chi connectivity index (χ2n) is 4.60. The van der Waals surface area contributed by atoms with Crippen molar-refractivity contribution in [1.82, 2.24) is 0 Å². The third-order valence-electron chi connectivity index (χ3n) is 3.10. The van der Waals surface area contributed by atoms with Crippen LogP contribution in [0.25, 0.3) is 0 Å². The van der Waals surface area contributed by atoms with Crippen LogP contribution in [0.4, 0.5) is 18.9 Å². The van der Waals surface area contributed by atoms with Gasteiger partial charge in [0.15, 0.2) is 0 Å². The number of ether oxygens (including phenoxy) is 1. The van der Waals surface area contributed by atoms with Crippen LogP contribution in [0.15, 0.2) is 47.4 Å². The molecule has 0 aliphatic carbocycles. The fourth-order valence-corrected chi connectivity index (χ4v) is 2.39. The number of alkyl halides is 3. The van der Waals surface area contributed by atoms with E-state index in [-0.39, 0.29) is 11.3 Å². The van der Waals surface area contributed by atoms with Crippen molar-refractivity contribution < 1.29 is 22.7 Å². The number of hydrogen-bond acceptors (Lipinski definition) is 3. The number of thioether (sulfide) groups is 1. The minimum absolute atomic E-state index is 0.0702. The highest BCUT2D eigenvalue weighted by Gasteiger charge is 2.30. The molecule has 3 nitrogen and oxygen atoms in total. The van der Waals surface area contributed by atoms with Crippen molar-refractivity contribution in [2.45, 2.75) is 11.1 Å². The minimum atomic E-state index is -4.46. The maximum Gasteiger partial charge on any atom is 0.416 e. The number of nitrogens with one attached hydrogen (secondary N) is 1. The molecule has 0 heterocycles. The first-order valence-corrected chi connectivity index (χ1v) is 7.78. The van der Waals surface area contributed by atoms with Crippen molar-refractivity contribution in [1.29, 1.82) is 0 Å². The van der Waals surface area contributed by atoms with E-state index in [0.717, 1.165) is 17.0 Å².